The first-order valence-electron chi connectivity index (χ1n) is 5.23. The van der Waals surface area contributed by atoms with Gasteiger partial charge < -0.3 is 10.2 Å². The third kappa shape index (κ3) is 5.65. The zero-order valence-electron chi connectivity index (χ0n) is 9.83. The van der Waals surface area contributed by atoms with Gasteiger partial charge in [0.1, 0.15) is 0 Å². The molecule has 0 heterocycles. The summed E-state index contributed by atoms with van der Waals surface area (Å²) >= 11 is 0. The average molecular weight is 273 g/mol. The first-order valence-corrected chi connectivity index (χ1v) is 7.12. The minimum absolute atomic E-state index is 0.214. The van der Waals surface area contributed by atoms with E-state index in [1.165, 1.54) is 0 Å². The van der Waals surface area contributed by atoms with Gasteiger partial charge in [0.2, 0.25) is 10.0 Å². The number of benzene rings is 1. The molecule has 18 heavy (non-hydrogen) atoms. The number of aliphatic carboxylic acids is 1. The van der Waals surface area contributed by atoms with Crippen molar-refractivity contribution in [3.05, 3.63) is 29.8 Å². The van der Waals surface area contributed by atoms with Crippen molar-refractivity contribution in [1.29, 1.82) is 0 Å². The molecular formula is C11H15NO5S. The van der Waals surface area contributed by atoms with Crippen molar-refractivity contribution in [2.24, 2.45) is 0 Å². The molecule has 100 valence electrons. The second kappa shape index (κ2) is 5.83. The highest BCUT2D eigenvalue weighted by Crippen LogP contribution is 2.13. The number of rotatable bonds is 6. The van der Waals surface area contributed by atoms with Gasteiger partial charge in [-0.1, -0.05) is 12.1 Å². The molecule has 0 aliphatic heterocycles. The first-order chi connectivity index (χ1) is 8.26. The Morgan fingerprint density at radius 3 is 2.33 bits per heavy atom. The summed E-state index contributed by atoms with van der Waals surface area (Å²) in [4.78, 5) is 10.4. The normalized spacial score (nSPS) is 13.0. The summed E-state index contributed by atoms with van der Waals surface area (Å²) in [5.41, 5.74) is 1.16. The van der Waals surface area contributed by atoms with Gasteiger partial charge in [0.15, 0.2) is 0 Å². The lowest BCUT2D eigenvalue weighted by molar-refractivity contribution is -0.139. The molecule has 7 heteroatoms. The molecule has 0 aliphatic carbocycles. The molecule has 0 aliphatic rings. The standard InChI is InChI=1S/C11H15NO5S/c1-18(16,17)12-9-4-2-8(3-5-9)6-10(13)7-11(14)15/h2-5,10,12-13H,6-7H2,1H3,(H,14,15)/t10-/m0/s1. The molecule has 0 saturated carbocycles. The van der Waals surface area contributed by atoms with Gasteiger partial charge in [-0.05, 0) is 24.1 Å². The number of carboxylic acid groups (broad SMARTS) is 1. The number of sulfonamides is 1. The fourth-order valence-electron chi connectivity index (χ4n) is 1.47. The van der Waals surface area contributed by atoms with Crippen LogP contribution in [0.1, 0.15) is 12.0 Å². The van der Waals surface area contributed by atoms with Crippen LogP contribution in [-0.4, -0.2) is 37.0 Å². The maximum absolute atomic E-state index is 11.0. The van der Waals surface area contributed by atoms with E-state index >= 15 is 0 Å². The van der Waals surface area contributed by atoms with Crippen molar-refractivity contribution in [2.75, 3.05) is 11.0 Å². The smallest absolute Gasteiger partial charge is 0.305 e. The Labute approximate surface area is 105 Å². The number of anilines is 1. The Hall–Kier alpha value is -1.60. The quantitative estimate of drug-likeness (QED) is 0.697. The molecule has 3 N–H and O–H groups in total. The number of carbonyl (C=O) groups is 1. The van der Waals surface area contributed by atoms with Crippen molar-refractivity contribution in [3.63, 3.8) is 0 Å². The van der Waals surface area contributed by atoms with E-state index in [-0.39, 0.29) is 12.8 Å². The van der Waals surface area contributed by atoms with Gasteiger partial charge in [0.25, 0.3) is 0 Å². The molecule has 1 aromatic carbocycles. The summed E-state index contributed by atoms with van der Waals surface area (Å²) in [6.07, 6.45) is 0.00277. The molecule has 0 saturated heterocycles. The summed E-state index contributed by atoms with van der Waals surface area (Å²) in [5.74, 6) is -1.06. The van der Waals surface area contributed by atoms with Crippen molar-refractivity contribution < 1.29 is 23.4 Å². The number of hydrogen-bond donors (Lipinski definition) is 3. The average Bonchev–Trinajstić information content (AvgIpc) is 2.17. The van der Waals surface area contributed by atoms with Crippen LogP contribution in [0.15, 0.2) is 24.3 Å². The third-order valence-corrected chi connectivity index (χ3v) is 2.75. The van der Waals surface area contributed by atoms with E-state index in [4.69, 9.17) is 5.11 Å². The zero-order chi connectivity index (χ0) is 13.8. The summed E-state index contributed by atoms with van der Waals surface area (Å²) in [6, 6.07) is 6.39. The molecule has 1 rings (SSSR count). The Morgan fingerprint density at radius 2 is 1.89 bits per heavy atom. The van der Waals surface area contributed by atoms with Gasteiger partial charge in [-0.3, -0.25) is 9.52 Å². The van der Waals surface area contributed by atoms with Crippen LogP contribution in [0.25, 0.3) is 0 Å². The van der Waals surface area contributed by atoms with Crippen LogP contribution in [0.5, 0.6) is 0 Å². The van der Waals surface area contributed by atoms with Crippen LogP contribution in [0.2, 0.25) is 0 Å². The summed E-state index contributed by atoms with van der Waals surface area (Å²) in [6.45, 7) is 0. The van der Waals surface area contributed by atoms with Crippen LogP contribution < -0.4 is 4.72 Å². The van der Waals surface area contributed by atoms with E-state index in [9.17, 15) is 18.3 Å². The fraction of sp³-hybridized carbons (Fsp3) is 0.364. The first kappa shape index (κ1) is 14.5. The van der Waals surface area contributed by atoms with Crippen molar-refractivity contribution in [2.45, 2.75) is 18.9 Å². The van der Waals surface area contributed by atoms with Crippen LogP contribution in [0, 0.1) is 0 Å². The van der Waals surface area contributed by atoms with E-state index in [0.717, 1.165) is 11.8 Å². The Morgan fingerprint density at radius 1 is 1.33 bits per heavy atom. The number of carboxylic acids is 1. The van der Waals surface area contributed by atoms with Crippen molar-refractivity contribution in [3.8, 4) is 0 Å². The van der Waals surface area contributed by atoms with Crippen molar-refractivity contribution in [1.82, 2.24) is 0 Å². The Bertz CT molecular complexity index is 509. The fourth-order valence-corrected chi connectivity index (χ4v) is 2.03. The summed E-state index contributed by atoms with van der Waals surface area (Å²) in [5, 5.41) is 17.9. The molecule has 1 aromatic rings. The highest BCUT2D eigenvalue weighted by molar-refractivity contribution is 7.92. The minimum atomic E-state index is -3.31. The minimum Gasteiger partial charge on any atom is -0.481 e. The molecular weight excluding hydrogens is 258 g/mol. The number of aliphatic hydroxyl groups excluding tert-OH is 1. The zero-order valence-corrected chi connectivity index (χ0v) is 10.6. The van der Waals surface area contributed by atoms with E-state index < -0.39 is 22.1 Å². The predicted molar refractivity (Wildman–Crippen MR) is 66.9 cm³/mol. The molecule has 0 aromatic heterocycles. The lowest BCUT2D eigenvalue weighted by Gasteiger charge is -2.09. The van der Waals surface area contributed by atoms with Crippen LogP contribution in [-0.2, 0) is 21.2 Å². The number of nitrogens with one attached hydrogen (secondary N) is 1. The maximum Gasteiger partial charge on any atom is 0.305 e. The van der Waals surface area contributed by atoms with Gasteiger partial charge in [-0.15, -0.1) is 0 Å². The van der Waals surface area contributed by atoms with Gasteiger partial charge >= 0.3 is 5.97 Å². The van der Waals surface area contributed by atoms with E-state index in [1.54, 1.807) is 24.3 Å². The molecule has 0 bridgehead atoms. The monoisotopic (exact) mass is 273 g/mol. The SMILES string of the molecule is CS(=O)(=O)Nc1ccc(C[C@H](O)CC(=O)O)cc1. The Balaban J connectivity index is 2.63. The lowest BCUT2D eigenvalue weighted by atomic mass is 10.1. The van der Waals surface area contributed by atoms with E-state index in [2.05, 4.69) is 4.72 Å². The topological polar surface area (TPSA) is 104 Å². The van der Waals surface area contributed by atoms with E-state index in [1.807, 2.05) is 0 Å². The third-order valence-electron chi connectivity index (χ3n) is 2.14. The highest BCUT2D eigenvalue weighted by atomic mass is 32.2. The van der Waals surface area contributed by atoms with Crippen molar-refractivity contribution >= 4 is 21.7 Å². The Kier molecular flexibility index (Phi) is 4.69. The highest BCUT2D eigenvalue weighted by Gasteiger charge is 2.10. The number of hydrogen-bond acceptors (Lipinski definition) is 4. The molecule has 0 spiro atoms. The molecule has 0 radical (unpaired) electrons. The van der Waals surface area contributed by atoms with Gasteiger partial charge in [0.05, 0.1) is 18.8 Å². The summed E-state index contributed by atoms with van der Waals surface area (Å²) in [7, 11) is -3.31. The molecule has 0 amide bonds. The summed E-state index contributed by atoms with van der Waals surface area (Å²) < 4.78 is 24.2. The molecule has 1 atom stereocenters. The number of aliphatic hydroxyl groups is 1. The van der Waals surface area contributed by atoms with Gasteiger partial charge in [0, 0.05) is 5.69 Å². The lowest BCUT2D eigenvalue weighted by Crippen LogP contribution is -2.15. The second-order valence-corrected chi connectivity index (χ2v) is 5.78. The van der Waals surface area contributed by atoms with E-state index in [0.29, 0.717) is 5.69 Å². The van der Waals surface area contributed by atoms with Crippen LogP contribution in [0.4, 0.5) is 5.69 Å². The predicted octanol–water partition coefficient (Wildman–Crippen LogP) is 0.436. The largest absolute Gasteiger partial charge is 0.481 e. The second-order valence-electron chi connectivity index (χ2n) is 4.03. The molecule has 0 fully saturated rings. The molecule has 6 nitrogen and oxygen atoms in total. The molecule has 0 unspecified atom stereocenters. The van der Waals surface area contributed by atoms with Gasteiger partial charge in [-0.2, -0.15) is 0 Å². The maximum atomic E-state index is 11.0. The van der Waals surface area contributed by atoms with Crippen LogP contribution in [0.3, 0.4) is 0 Å². The van der Waals surface area contributed by atoms with Gasteiger partial charge in [-0.25, -0.2) is 8.42 Å². The van der Waals surface area contributed by atoms with Crippen LogP contribution >= 0.6 is 0 Å².